The van der Waals surface area contributed by atoms with Gasteiger partial charge in [0.2, 0.25) is 0 Å². The summed E-state index contributed by atoms with van der Waals surface area (Å²) in [7, 11) is 0. The average molecular weight is 857 g/mol. The Bertz CT molecular complexity index is 1290. The lowest BCUT2D eigenvalue weighted by Gasteiger charge is -2.15. The minimum absolute atomic E-state index is 0.0735. The van der Waals surface area contributed by atoms with Crippen LogP contribution in [0, 0.1) is 0 Å². The van der Waals surface area contributed by atoms with Gasteiger partial charge in [-0.1, -0.05) is 225 Å². The minimum atomic E-state index is -0.780. The van der Waals surface area contributed by atoms with E-state index in [0.717, 1.165) is 109 Å². The summed E-state index contributed by atoms with van der Waals surface area (Å²) in [6.45, 7) is 3.98. The van der Waals surface area contributed by atoms with Gasteiger partial charge in [0.1, 0.15) is 6.61 Å². The molecule has 0 saturated carbocycles. The van der Waals surface area contributed by atoms with Crippen molar-refractivity contribution >= 4 is 11.9 Å². The number of rotatable bonds is 44. The monoisotopic (exact) mass is 857 g/mol. The highest BCUT2D eigenvalue weighted by molar-refractivity contribution is 5.70. The molecule has 1 unspecified atom stereocenters. The van der Waals surface area contributed by atoms with Gasteiger partial charge >= 0.3 is 11.9 Å². The highest BCUT2D eigenvalue weighted by Crippen LogP contribution is 2.13. The fourth-order valence-electron chi connectivity index (χ4n) is 6.52. The number of carbonyl (C=O) groups is 2. The van der Waals surface area contributed by atoms with Crippen molar-refractivity contribution in [1.29, 1.82) is 0 Å². The second-order valence-electron chi connectivity index (χ2n) is 16.2. The third-order valence-corrected chi connectivity index (χ3v) is 10.3. The minimum Gasteiger partial charge on any atom is -0.462 e. The summed E-state index contributed by atoms with van der Waals surface area (Å²) in [6.07, 6.45) is 75.9. The molecular formula is C57H92O5. The van der Waals surface area contributed by atoms with Gasteiger partial charge in [-0.2, -0.15) is 0 Å². The lowest BCUT2D eigenvalue weighted by atomic mass is 10.1. The van der Waals surface area contributed by atoms with Gasteiger partial charge in [0.15, 0.2) is 6.10 Å². The van der Waals surface area contributed by atoms with Crippen LogP contribution >= 0.6 is 0 Å². The molecule has 0 aromatic carbocycles. The van der Waals surface area contributed by atoms with Crippen LogP contribution in [0.3, 0.4) is 0 Å². The molecule has 0 radical (unpaired) electrons. The summed E-state index contributed by atoms with van der Waals surface area (Å²) in [5.74, 6) is -0.610. The highest BCUT2D eigenvalue weighted by Gasteiger charge is 2.16. The largest absolute Gasteiger partial charge is 0.462 e. The first kappa shape index (κ1) is 58.3. The van der Waals surface area contributed by atoms with E-state index in [1.165, 1.54) is 70.6 Å². The Kier molecular flexibility index (Phi) is 48.6. The van der Waals surface area contributed by atoms with Crippen molar-refractivity contribution in [1.82, 2.24) is 0 Å². The van der Waals surface area contributed by atoms with E-state index in [0.29, 0.717) is 12.8 Å². The van der Waals surface area contributed by atoms with Gasteiger partial charge in [0.05, 0.1) is 6.61 Å². The van der Waals surface area contributed by atoms with Crippen molar-refractivity contribution in [2.45, 2.75) is 213 Å². The summed E-state index contributed by atoms with van der Waals surface area (Å²) in [5.41, 5.74) is 0. The first-order valence-electron chi connectivity index (χ1n) is 25.1. The van der Waals surface area contributed by atoms with Gasteiger partial charge in [-0.15, -0.1) is 0 Å². The number of carbonyl (C=O) groups excluding carboxylic acids is 2. The fourth-order valence-corrected chi connectivity index (χ4v) is 6.52. The van der Waals surface area contributed by atoms with Crippen molar-refractivity contribution in [2.24, 2.45) is 0 Å². The maximum Gasteiger partial charge on any atom is 0.306 e. The standard InChI is InChI=1S/C57H92O5/c1-3-5-7-9-11-13-14-15-16-17-18-19-20-21-22-23-24-25-26-27-28-29-30-31-32-33-34-35-36-37-38-39-40-41-42-44-46-48-50-52-57(60)62-55(53-58)54-61-56(59)51-49-47-45-43-12-10-8-6-4-2/h5,7,11,13,15-16,18-19,21-22,24-25,27-28,30-31,33-34,36-37,55,58H,3-4,6,8-10,12,14,17,20,23,26,29,32,35,38-54H2,1-2H3/b7-5-,13-11-,16-15-,19-18-,22-21-,25-24-,28-27-,31-30-,34-33-,37-36-. The van der Waals surface area contributed by atoms with E-state index in [4.69, 9.17) is 9.47 Å². The van der Waals surface area contributed by atoms with Gasteiger partial charge < -0.3 is 14.6 Å². The summed E-state index contributed by atoms with van der Waals surface area (Å²) < 4.78 is 10.6. The van der Waals surface area contributed by atoms with Crippen LogP contribution in [0.15, 0.2) is 122 Å². The van der Waals surface area contributed by atoms with Crippen molar-refractivity contribution in [3.8, 4) is 0 Å². The summed E-state index contributed by atoms with van der Waals surface area (Å²) in [6, 6.07) is 0. The molecule has 0 aromatic rings. The molecule has 1 N–H and O–H groups in total. The molecule has 5 heteroatoms. The summed E-state index contributed by atoms with van der Waals surface area (Å²) in [5, 5.41) is 9.56. The molecule has 0 spiro atoms. The van der Waals surface area contributed by atoms with Crippen molar-refractivity contribution in [3.63, 3.8) is 0 Å². The molecule has 0 aliphatic heterocycles. The number of aliphatic hydroxyl groups is 1. The Morgan fingerprint density at radius 1 is 0.387 bits per heavy atom. The molecule has 0 heterocycles. The second-order valence-corrected chi connectivity index (χ2v) is 16.2. The average Bonchev–Trinajstić information content (AvgIpc) is 3.28. The van der Waals surface area contributed by atoms with Crippen LogP contribution in [0.4, 0.5) is 0 Å². The van der Waals surface area contributed by atoms with Crippen molar-refractivity contribution < 1.29 is 24.2 Å². The molecule has 0 bridgehead atoms. The number of hydrogen-bond donors (Lipinski definition) is 1. The lowest BCUT2D eigenvalue weighted by molar-refractivity contribution is -0.161. The molecular weight excluding hydrogens is 765 g/mol. The second kappa shape index (κ2) is 51.6. The Morgan fingerprint density at radius 2 is 0.694 bits per heavy atom. The Hall–Kier alpha value is -3.70. The van der Waals surface area contributed by atoms with Gasteiger partial charge in [-0.3, -0.25) is 9.59 Å². The molecule has 62 heavy (non-hydrogen) atoms. The Labute approximate surface area is 382 Å². The third-order valence-electron chi connectivity index (χ3n) is 10.3. The molecule has 0 fully saturated rings. The molecule has 0 amide bonds. The molecule has 0 rings (SSSR count). The van der Waals surface area contributed by atoms with Gasteiger partial charge in [-0.25, -0.2) is 0 Å². The van der Waals surface area contributed by atoms with E-state index in [2.05, 4.69) is 135 Å². The number of esters is 2. The number of allylic oxidation sites excluding steroid dienone is 20. The maximum absolute atomic E-state index is 12.2. The number of aliphatic hydroxyl groups excluding tert-OH is 1. The van der Waals surface area contributed by atoms with E-state index >= 15 is 0 Å². The Balaban J connectivity index is 3.61. The normalized spacial score (nSPS) is 13.3. The fraction of sp³-hybridized carbons (Fsp3) is 0.614. The van der Waals surface area contributed by atoms with Crippen LogP contribution in [-0.2, 0) is 19.1 Å². The van der Waals surface area contributed by atoms with E-state index in [1.807, 2.05) is 0 Å². The maximum atomic E-state index is 12.2. The Morgan fingerprint density at radius 3 is 1.05 bits per heavy atom. The lowest BCUT2D eigenvalue weighted by Crippen LogP contribution is -2.28. The molecule has 0 aromatic heterocycles. The van der Waals surface area contributed by atoms with Crippen LogP contribution in [0.2, 0.25) is 0 Å². The summed E-state index contributed by atoms with van der Waals surface area (Å²) >= 11 is 0. The predicted octanol–water partition coefficient (Wildman–Crippen LogP) is 16.7. The zero-order valence-corrected chi connectivity index (χ0v) is 39.8. The SMILES string of the molecule is CC/C=C\C/C=C\C/C=C\C/C=C\C/C=C\C/C=C\C/C=C\C/C=C\C/C=C\C/C=C\CCCCCCCCCCC(=O)OC(CO)COC(=O)CCCCCCCCCCC. The van der Waals surface area contributed by atoms with Crippen LogP contribution in [0.5, 0.6) is 0 Å². The van der Waals surface area contributed by atoms with Gasteiger partial charge in [0, 0.05) is 12.8 Å². The zero-order chi connectivity index (χ0) is 44.9. The van der Waals surface area contributed by atoms with E-state index in [-0.39, 0.29) is 25.2 Å². The number of hydrogen-bond acceptors (Lipinski definition) is 5. The third kappa shape index (κ3) is 49.0. The molecule has 0 aliphatic carbocycles. The molecule has 0 aliphatic rings. The number of unbranched alkanes of at least 4 members (excludes halogenated alkanes) is 16. The first-order chi connectivity index (χ1) is 30.6. The first-order valence-corrected chi connectivity index (χ1v) is 25.1. The molecule has 350 valence electrons. The van der Waals surface area contributed by atoms with Crippen LogP contribution in [-0.4, -0.2) is 36.4 Å². The predicted molar refractivity (Wildman–Crippen MR) is 269 cm³/mol. The van der Waals surface area contributed by atoms with Crippen LogP contribution in [0.25, 0.3) is 0 Å². The zero-order valence-electron chi connectivity index (χ0n) is 39.8. The van der Waals surface area contributed by atoms with Crippen LogP contribution < -0.4 is 0 Å². The summed E-state index contributed by atoms with van der Waals surface area (Å²) in [4.78, 5) is 24.2. The van der Waals surface area contributed by atoms with E-state index in [9.17, 15) is 14.7 Å². The van der Waals surface area contributed by atoms with Crippen molar-refractivity contribution in [3.05, 3.63) is 122 Å². The molecule has 1 atom stereocenters. The smallest absolute Gasteiger partial charge is 0.306 e. The molecule has 0 saturated heterocycles. The quantitative estimate of drug-likeness (QED) is 0.0375. The van der Waals surface area contributed by atoms with Crippen molar-refractivity contribution in [2.75, 3.05) is 13.2 Å². The van der Waals surface area contributed by atoms with E-state index in [1.54, 1.807) is 0 Å². The van der Waals surface area contributed by atoms with Gasteiger partial charge in [-0.05, 0) is 89.9 Å². The van der Waals surface area contributed by atoms with E-state index < -0.39 is 6.10 Å². The van der Waals surface area contributed by atoms with Crippen LogP contribution in [0.1, 0.15) is 206 Å². The highest BCUT2D eigenvalue weighted by atomic mass is 16.6. The number of ether oxygens (including phenoxy) is 2. The topological polar surface area (TPSA) is 72.8 Å². The molecule has 5 nitrogen and oxygen atoms in total. The van der Waals surface area contributed by atoms with Gasteiger partial charge in [0.25, 0.3) is 0 Å².